The van der Waals surface area contributed by atoms with E-state index in [9.17, 15) is 0 Å². The Kier molecular flexibility index (Phi) is 49.9. The summed E-state index contributed by atoms with van der Waals surface area (Å²) in [5.74, 6) is 0. The van der Waals surface area contributed by atoms with E-state index in [0.717, 1.165) is 19.7 Å². The number of hydrogen-bond donors (Lipinski definition) is 2. The molecule has 0 aliphatic rings. The molecule has 0 fully saturated rings. The Morgan fingerprint density at radius 3 is 0.766 bits per heavy atom. The molecule has 0 aromatic carbocycles. The van der Waals surface area contributed by atoms with Gasteiger partial charge < -0.3 is 0 Å². The zero-order valence-electron chi connectivity index (χ0n) is 32.9. The van der Waals surface area contributed by atoms with Gasteiger partial charge in [-0.1, -0.05) is 90.9 Å². The van der Waals surface area contributed by atoms with Gasteiger partial charge in [0.05, 0.1) is 0 Å². The standard InChI is InChI=1S/2C18H38N.C6H13O.ClH.Ti/c2*1-2-3-4-5-6-7-8-9-10-11-12-13-14-15-16-17-18-19;1-2-3-4-5-6-7;;/h2*19H,2-18H2,1H3;2-6H2,1H3;1H;/q3*-1;;+3. The van der Waals surface area contributed by atoms with E-state index in [0.29, 0.717) is 0 Å². The zero-order chi connectivity index (χ0) is 33.3. The van der Waals surface area contributed by atoms with Crippen molar-refractivity contribution in [1.82, 2.24) is 7.60 Å². The maximum Gasteiger partial charge on any atom is -0.147 e. The Bertz CT molecular complexity index is 489. The molecule has 0 amide bonds. The Balaban J connectivity index is 0. The zero-order valence-corrected chi connectivity index (χ0v) is 35.3. The van der Waals surface area contributed by atoms with Gasteiger partial charge in [0.1, 0.15) is 0 Å². The van der Waals surface area contributed by atoms with Crippen LogP contribution in [0.15, 0.2) is 0 Å². The van der Waals surface area contributed by atoms with Crippen molar-refractivity contribution in [3.63, 3.8) is 0 Å². The Labute approximate surface area is 312 Å². The van der Waals surface area contributed by atoms with Crippen LogP contribution in [0, 0.1) is 0 Å². The molecular formula is C42H90ClN2OTi. The third-order valence-corrected chi connectivity index (χ3v) is 12.4. The van der Waals surface area contributed by atoms with E-state index in [4.69, 9.17) is 3.32 Å². The first-order valence-corrected chi connectivity index (χ1v) is 24.0. The molecule has 0 radical (unpaired) electrons. The maximum atomic E-state index is 6.39. The fourth-order valence-corrected chi connectivity index (χ4v) is 8.94. The summed E-state index contributed by atoms with van der Waals surface area (Å²) in [6.45, 7) is 10.2. The van der Waals surface area contributed by atoms with Crippen LogP contribution in [0.3, 0.4) is 0 Å². The second kappa shape index (κ2) is 46.9. The SMILES string of the molecule is CCCCCCCCCCCCCCCCCC[NH][Ti]([NH]CCCCCCCCCCCCCCCCCC)[O]CCCCCC.Cl. The number of nitrogens with one attached hydrogen (secondary N) is 2. The molecule has 0 saturated heterocycles. The summed E-state index contributed by atoms with van der Waals surface area (Å²) in [5, 5.41) is 0. The Hall–Kier alpha value is 0.884. The second-order valence-corrected chi connectivity index (χ2v) is 17.3. The average molecular weight is 723 g/mol. The van der Waals surface area contributed by atoms with E-state index in [1.807, 2.05) is 0 Å². The predicted octanol–water partition coefficient (Wildman–Crippen LogP) is 15.1. The summed E-state index contributed by atoms with van der Waals surface area (Å²) in [7, 11) is 0. The van der Waals surface area contributed by atoms with Gasteiger partial charge in [0, 0.05) is 0 Å². The van der Waals surface area contributed by atoms with Crippen LogP contribution >= 0.6 is 12.4 Å². The van der Waals surface area contributed by atoms with Crippen LogP contribution in [0.25, 0.3) is 0 Å². The van der Waals surface area contributed by atoms with Crippen LogP contribution in [-0.2, 0) is 22.1 Å². The summed E-state index contributed by atoms with van der Waals surface area (Å²) in [6, 6.07) is 0. The molecule has 0 atom stereocenters. The van der Waals surface area contributed by atoms with E-state index in [1.54, 1.807) is 0 Å². The van der Waals surface area contributed by atoms with E-state index in [-0.39, 0.29) is 12.4 Å². The topological polar surface area (TPSA) is 33.3 Å². The Morgan fingerprint density at radius 1 is 0.298 bits per heavy atom. The number of halogens is 1. The molecule has 0 heterocycles. The van der Waals surface area contributed by atoms with Crippen molar-refractivity contribution >= 4 is 12.4 Å². The fraction of sp³-hybridized carbons (Fsp3) is 1.00. The minimum atomic E-state index is -1.78. The van der Waals surface area contributed by atoms with Crippen molar-refractivity contribution in [3.05, 3.63) is 0 Å². The molecule has 0 bridgehead atoms. The van der Waals surface area contributed by atoms with Crippen LogP contribution in [0.4, 0.5) is 0 Å². The smallest absolute Gasteiger partial charge is 0.147 e. The van der Waals surface area contributed by atoms with Gasteiger partial charge in [-0.25, -0.2) is 0 Å². The van der Waals surface area contributed by atoms with Gasteiger partial charge in [0.15, 0.2) is 0 Å². The third kappa shape index (κ3) is 44.9. The summed E-state index contributed by atoms with van der Waals surface area (Å²) in [6.07, 6.45) is 51.2. The summed E-state index contributed by atoms with van der Waals surface area (Å²) >= 11 is -1.78. The molecule has 0 aliphatic carbocycles. The van der Waals surface area contributed by atoms with Crippen molar-refractivity contribution in [3.8, 4) is 0 Å². The summed E-state index contributed by atoms with van der Waals surface area (Å²) < 4.78 is 14.1. The first kappa shape index (κ1) is 50.0. The van der Waals surface area contributed by atoms with Crippen LogP contribution in [0.1, 0.15) is 252 Å². The number of hydrogen-bond acceptors (Lipinski definition) is 3. The van der Waals surface area contributed by atoms with Crippen molar-refractivity contribution in [2.24, 2.45) is 0 Å². The van der Waals surface area contributed by atoms with Crippen molar-refractivity contribution in [1.29, 1.82) is 0 Å². The molecular weight excluding hydrogens is 632 g/mol. The molecule has 2 N–H and O–H groups in total. The van der Waals surface area contributed by atoms with E-state index in [2.05, 4.69) is 28.4 Å². The normalized spacial score (nSPS) is 11.3. The molecule has 0 aliphatic heterocycles. The van der Waals surface area contributed by atoms with Gasteiger partial charge in [0.25, 0.3) is 0 Å². The molecule has 47 heavy (non-hydrogen) atoms. The first-order chi connectivity index (χ1) is 22.8. The fourth-order valence-electron chi connectivity index (χ4n) is 6.62. The van der Waals surface area contributed by atoms with Crippen molar-refractivity contribution in [2.45, 2.75) is 252 Å². The third-order valence-electron chi connectivity index (χ3n) is 9.88. The van der Waals surface area contributed by atoms with Gasteiger partial charge in [0.2, 0.25) is 0 Å². The van der Waals surface area contributed by atoms with Gasteiger partial charge >= 0.3 is 210 Å². The molecule has 0 saturated carbocycles. The minimum Gasteiger partial charge on any atom is -0.147 e. The molecule has 0 rings (SSSR count). The van der Waals surface area contributed by atoms with E-state index < -0.39 is 18.8 Å². The molecule has 3 nitrogen and oxygen atoms in total. The minimum absolute atomic E-state index is 0. The molecule has 0 unspecified atom stereocenters. The van der Waals surface area contributed by atoms with Gasteiger partial charge in [-0.3, -0.25) is 0 Å². The largest absolute Gasteiger partial charge is 0.147 e. The van der Waals surface area contributed by atoms with Crippen LogP contribution < -0.4 is 7.60 Å². The van der Waals surface area contributed by atoms with Gasteiger partial charge in [-0.15, -0.1) is 12.4 Å². The number of rotatable bonds is 42. The average Bonchev–Trinajstić information content (AvgIpc) is 3.07. The molecule has 0 spiro atoms. The quantitative estimate of drug-likeness (QED) is 0.0486. The second-order valence-electron chi connectivity index (χ2n) is 14.7. The molecule has 0 aromatic rings. The van der Waals surface area contributed by atoms with Gasteiger partial charge in [-0.05, 0) is 0 Å². The maximum absolute atomic E-state index is 6.39. The number of unbranched alkanes of at least 4 members (excludes halogenated alkanes) is 33. The van der Waals surface area contributed by atoms with Crippen LogP contribution in [0.2, 0.25) is 0 Å². The van der Waals surface area contributed by atoms with Crippen molar-refractivity contribution in [2.75, 3.05) is 19.7 Å². The summed E-state index contributed by atoms with van der Waals surface area (Å²) in [4.78, 5) is 0. The predicted molar refractivity (Wildman–Crippen MR) is 212 cm³/mol. The van der Waals surface area contributed by atoms with Crippen molar-refractivity contribution < 1.29 is 22.1 Å². The molecule has 5 heteroatoms. The van der Waals surface area contributed by atoms with Crippen LogP contribution in [-0.4, -0.2) is 19.7 Å². The van der Waals surface area contributed by atoms with E-state index in [1.165, 1.54) is 231 Å². The summed E-state index contributed by atoms with van der Waals surface area (Å²) in [5.41, 5.74) is 0. The van der Waals surface area contributed by atoms with Crippen LogP contribution in [0.5, 0.6) is 0 Å². The Morgan fingerprint density at radius 2 is 0.511 bits per heavy atom. The van der Waals surface area contributed by atoms with Gasteiger partial charge in [-0.2, -0.15) is 0 Å². The van der Waals surface area contributed by atoms with E-state index >= 15 is 0 Å². The first-order valence-electron chi connectivity index (χ1n) is 21.8. The molecule has 285 valence electrons. The monoisotopic (exact) mass is 722 g/mol. The molecule has 0 aromatic heterocycles.